The third-order valence-electron chi connectivity index (χ3n) is 5.12. The lowest BCUT2D eigenvalue weighted by Crippen LogP contribution is -2.36. The number of nitrogens with one attached hydrogen (secondary N) is 1. The molecule has 2 aromatic carbocycles. The highest BCUT2D eigenvalue weighted by molar-refractivity contribution is 6.09. The van der Waals surface area contributed by atoms with E-state index in [0.29, 0.717) is 24.5 Å². The van der Waals surface area contributed by atoms with Crippen molar-refractivity contribution < 1.29 is 19.1 Å². The molecule has 6 nitrogen and oxygen atoms in total. The topological polar surface area (TPSA) is 67.9 Å². The van der Waals surface area contributed by atoms with Crippen LogP contribution in [0.3, 0.4) is 0 Å². The Morgan fingerprint density at radius 3 is 2.54 bits per heavy atom. The van der Waals surface area contributed by atoms with Gasteiger partial charge in [0.05, 0.1) is 14.2 Å². The van der Waals surface area contributed by atoms with E-state index in [1.807, 2.05) is 36.4 Å². The third-order valence-corrected chi connectivity index (χ3v) is 5.12. The minimum atomic E-state index is -0.664. The molecule has 0 aliphatic carbocycles. The van der Waals surface area contributed by atoms with Crippen LogP contribution in [0.2, 0.25) is 0 Å². The van der Waals surface area contributed by atoms with Gasteiger partial charge in [-0.3, -0.25) is 9.59 Å². The van der Waals surface area contributed by atoms with E-state index in [1.165, 1.54) is 5.56 Å². The van der Waals surface area contributed by atoms with Gasteiger partial charge in [-0.25, -0.2) is 0 Å². The first kappa shape index (κ1) is 19.7. The molecule has 148 valence electrons. The third kappa shape index (κ3) is 3.96. The van der Waals surface area contributed by atoms with Crippen LogP contribution >= 0.6 is 0 Å². The molecule has 2 amide bonds. The largest absolute Gasteiger partial charge is 0.493 e. The Bertz CT molecular complexity index is 848. The normalized spacial score (nSPS) is 16.2. The van der Waals surface area contributed by atoms with Gasteiger partial charge in [-0.05, 0) is 36.6 Å². The Morgan fingerprint density at radius 1 is 1.14 bits per heavy atom. The number of rotatable bonds is 7. The summed E-state index contributed by atoms with van der Waals surface area (Å²) in [5, 5.41) is 2.87. The molecule has 0 unspecified atom stereocenters. The van der Waals surface area contributed by atoms with E-state index in [-0.39, 0.29) is 18.4 Å². The minimum absolute atomic E-state index is 0.153. The van der Waals surface area contributed by atoms with Crippen LogP contribution in [-0.2, 0) is 22.6 Å². The summed E-state index contributed by atoms with van der Waals surface area (Å²) in [7, 11) is 3.13. The van der Waals surface area contributed by atoms with E-state index in [4.69, 9.17) is 9.47 Å². The minimum Gasteiger partial charge on any atom is -0.493 e. The average Bonchev–Trinajstić information content (AvgIpc) is 3.12. The zero-order valence-electron chi connectivity index (χ0n) is 16.5. The standard InChI is InChI=1S/C22H26N2O4/c1-4-15-8-10-17(11-9-15)24-13-12-18(22(24)26)21(25)23-14-16-6-5-7-19(27-2)20(16)28-3/h5-11,18H,4,12-14H2,1-3H3,(H,23,25)/t18-/m0/s1. The summed E-state index contributed by atoms with van der Waals surface area (Å²) in [5.74, 6) is 0.109. The van der Waals surface area contributed by atoms with Crippen LogP contribution in [0.15, 0.2) is 42.5 Å². The van der Waals surface area contributed by atoms with Gasteiger partial charge in [0, 0.05) is 24.3 Å². The maximum Gasteiger partial charge on any atom is 0.239 e. The van der Waals surface area contributed by atoms with Gasteiger partial charge in [0.1, 0.15) is 5.92 Å². The monoisotopic (exact) mass is 382 g/mol. The van der Waals surface area contributed by atoms with Gasteiger partial charge in [-0.15, -0.1) is 0 Å². The molecule has 28 heavy (non-hydrogen) atoms. The van der Waals surface area contributed by atoms with Crippen LogP contribution in [0.4, 0.5) is 5.69 Å². The molecule has 0 saturated carbocycles. The number of carbonyl (C=O) groups excluding carboxylic acids is 2. The van der Waals surface area contributed by atoms with Crippen LogP contribution in [0.1, 0.15) is 24.5 Å². The molecular formula is C22H26N2O4. The number of hydrogen-bond donors (Lipinski definition) is 1. The summed E-state index contributed by atoms with van der Waals surface area (Å²) in [6.45, 7) is 2.91. The summed E-state index contributed by atoms with van der Waals surface area (Å²) in [4.78, 5) is 27.1. The van der Waals surface area contributed by atoms with Crippen molar-refractivity contribution in [2.75, 3.05) is 25.7 Å². The number of para-hydroxylation sites is 1. The lowest BCUT2D eigenvalue weighted by Gasteiger charge is -2.17. The molecule has 0 spiro atoms. The summed E-state index contributed by atoms with van der Waals surface area (Å²) in [6.07, 6.45) is 1.46. The Kier molecular flexibility index (Phi) is 6.19. The summed E-state index contributed by atoms with van der Waals surface area (Å²) >= 11 is 0. The number of amides is 2. The van der Waals surface area contributed by atoms with E-state index in [0.717, 1.165) is 17.7 Å². The van der Waals surface area contributed by atoms with Crippen molar-refractivity contribution in [3.8, 4) is 11.5 Å². The van der Waals surface area contributed by atoms with Crippen molar-refractivity contribution >= 4 is 17.5 Å². The van der Waals surface area contributed by atoms with Crippen molar-refractivity contribution in [3.05, 3.63) is 53.6 Å². The molecular weight excluding hydrogens is 356 g/mol. The van der Waals surface area contributed by atoms with Gasteiger partial charge in [0.2, 0.25) is 11.8 Å². The van der Waals surface area contributed by atoms with Gasteiger partial charge in [0.25, 0.3) is 0 Å². The Hall–Kier alpha value is -3.02. The summed E-state index contributed by atoms with van der Waals surface area (Å²) in [5.41, 5.74) is 2.86. The molecule has 0 radical (unpaired) electrons. The van der Waals surface area contributed by atoms with E-state index in [1.54, 1.807) is 25.2 Å². The van der Waals surface area contributed by atoms with Crippen LogP contribution in [0.25, 0.3) is 0 Å². The molecule has 1 atom stereocenters. The van der Waals surface area contributed by atoms with Crippen molar-refractivity contribution in [1.29, 1.82) is 0 Å². The summed E-state index contributed by atoms with van der Waals surface area (Å²) < 4.78 is 10.7. The predicted octanol–water partition coefficient (Wildman–Crippen LogP) is 2.94. The number of methoxy groups -OCH3 is 2. The fourth-order valence-electron chi connectivity index (χ4n) is 3.49. The van der Waals surface area contributed by atoms with Gasteiger partial charge < -0.3 is 19.7 Å². The van der Waals surface area contributed by atoms with E-state index in [2.05, 4.69) is 12.2 Å². The maximum absolute atomic E-state index is 12.8. The highest BCUT2D eigenvalue weighted by atomic mass is 16.5. The average molecular weight is 382 g/mol. The van der Waals surface area contributed by atoms with E-state index >= 15 is 0 Å². The molecule has 1 saturated heterocycles. The molecule has 0 bridgehead atoms. The zero-order valence-corrected chi connectivity index (χ0v) is 16.5. The van der Waals surface area contributed by atoms with Gasteiger partial charge in [-0.1, -0.05) is 31.2 Å². The smallest absolute Gasteiger partial charge is 0.239 e. The molecule has 1 aliphatic heterocycles. The summed E-state index contributed by atoms with van der Waals surface area (Å²) in [6, 6.07) is 13.4. The fraction of sp³-hybridized carbons (Fsp3) is 0.364. The maximum atomic E-state index is 12.8. The molecule has 1 aliphatic rings. The van der Waals surface area contributed by atoms with Crippen molar-refractivity contribution in [2.24, 2.45) is 5.92 Å². The van der Waals surface area contributed by atoms with Crippen molar-refractivity contribution in [2.45, 2.75) is 26.3 Å². The number of anilines is 1. The number of hydrogen-bond acceptors (Lipinski definition) is 4. The Balaban J connectivity index is 1.65. The second-order valence-electron chi connectivity index (χ2n) is 6.72. The number of carbonyl (C=O) groups is 2. The Labute approximate surface area is 165 Å². The number of aryl methyl sites for hydroxylation is 1. The highest BCUT2D eigenvalue weighted by Crippen LogP contribution is 2.31. The van der Waals surface area contributed by atoms with Gasteiger partial charge >= 0.3 is 0 Å². The molecule has 1 heterocycles. The molecule has 1 N–H and O–H groups in total. The van der Waals surface area contributed by atoms with Crippen molar-refractivity contribution in [1.82, 2.24) is 5.32 Å². The second kappa shape index (κ2) is 8.78. The van der Waals surface area contributed by atoms with Crippen LogP contribution in [0, 0.1) is 5.92 Å². The molecule has 1 fully saturated rings. The van der Waals surface area contributed by atoms with Crippen LogP contribution in [-0.4, -0.2) is 32.6 Å². The first-order valence-electron chi connectivity index (χ1n) is 9.47. The number of benzene rings is 2. The van der Waals surface area contributed by atoms with Gasteiger partial charge in [0.15, 0.2) is 11.5 Å². The fourth-order valence-corrected chi connectivity index (χ4v) is 3.49. The van der Waals surface area contributed by atoms with Crippen LogP contribution < -0.4 is 19.7 Å². The quantitative estimate of drug-likeness (QED) is 0.748. The first-order valence-corrected chi connectivity index (χ1v) is 9.47. The lowest BCUT2D eigenvalue weighted by molar-refractivity contribution is -0.132. The number of ether oxygens (including phenoxy) is 2. The highest BCUT2D eigenvalue weighted by Gasteiger charge is 2.37. The zero-order chi connectivity index (χ0) is 20.1. The van der Waals surface area contributed by atoms with E-state index < -0.39 is 5.92 Å². The lowest BCUT2D eigenvalue weighted by atomic mass is 10.1. The SMILES string of the molecule is CCc1ccc(N2CC[C@@H](C(=O)NCc3cccc(OC)c3OC)C2=O)cc1. The molecule has 6 heteroatoms. The van der Waals surface area contributed by atoms with Crippen LogP contribution in [0.5, 0.6) is 11.5 Å². The molecule has 0 aromatic heterocycles. The van der Waals surface area contributed by atoms with Crippen molar-refractivity contribution in [3.63, 3.8) is 0 Å². The second-order valence-corrected chi connectivity index (χ2v) is 6.72. The number of nitrogens with zero attached hydrogens (tertiary/aromatic N) is 1. The van der Waals surface area contributed by atoms with E-state index in [9.17, 15) is 9.59 Å². The first-order chi connectivity index (χ1) is 13.6. The van der Waals surface area contributed by atoms with Gasteiger partial charge in [-0.2, -0.15) is 0 Å². The molecule has 2 aromatic rings. The Morgan fingerprint density at radius 2 is 1.89 bits per heavy atom. The predicted molar refractivity (Wildman–Crippen MR) is 108 cm³/mol. The molecule has 3 rings (SSSR count).